The van der Waals surface area contributed by atoms with Gasteiger partial charge in [0, 0.05) is 5.56 Å². The Bertz CT molecular complexity index is 571. The second kappa shape index (κ2) is 7.60. The summed E-state index contributed by atoms with van der Waals surface area (Å²) in [5.41, 5.74) is 3.02. The zero-order valence-corrected chi connectivity index (χ0v) is 12.2. The number of hydrogen-bond acceptors (Lipinski definition) is 3. The number of nitrogens with zero attached hydrogens (tertiary/aromatic N) is 1. The van der Waals surface area contributed by atoms with Crippen LogP contribution in [0.4, 0.5) is 0 Å². The van der Waals surface area contributed by atoms with Crippen LogP contribution in [-0.2, 0) is 0 Å². The maximum atomic E-state index is 9.24. The summed E-state index contributed by atoms with van der Waals surface area (Å²) in [7, 11) is 0. The van der Waals surface area contributed by atoms with Crippen LogP contribution in [0.25, 0.3) is 17.3 Å². The monoisotopic (exact) mass is 283 g/mol. The molecular weight excluding hydrogens is 262 g/mol. The van der Waals surface area contributed by atoms with E-state index in [9.17, 15) is 10.2 Å². The highest BCUT2D eigenvalue weighted by Crippen LogP contribution is 2.19. The van der Waals surface area contributed by atoms with Gasteiger partial charge in [-0.3, -0.25) is 4.98 Å². The predicted molar refractivity (Wildman–Crippen MR) is 85.9 cm³/mol. The van der Waals surface area contributed by atoms with Crippen molar-refractivity contribution in [2.75, 3.05) is 0 Å². The van der Waals surface area contributed by atoms with Crippen molar-refractivity contribution in [3.8, 4) is 17.0 Å². The van der Waals surface area contributed by atoms with Crippen LogP contribution < -0.4 is 0 Å². The van der Waals surface area contributed by atoms with E-state index in [1.165, 1.54) is 6.20 Å². The maximum Gasteiger partial charge on any atom is 0.133 e. The van der Waals surface area contributed by atoms with E-state index in [0.717, 1.165) is 36.1 Å². The van der Waals surface area contributed by atoms with Gasteiger partial charge in [-0.2, -0.15) is 0 Å². The Balaban J connectivity index is 1.92. The van der Waals surface area contributed by atoms with Crippen molar-refractivity contribution in [3.63, 3.8) is 0 Å². The van der Waals surface area contributed by atoms with Crippen molar-refractivity contribution in [3.05, 3.63) is 54.2 Å². The molecule has 0 aliphatic rings. The third kappa shape index (κ3) is 5.04. The van der Waals surface area contributed by atoms with E-state index in [-0.39, 0.29) is 11.9 Å². The van der Waals surface area contributed by atoms with Crippen molar-refractivity contribution in [1.82, 2.24) is 4.98 Å². The van der Waals surface area contributed by atoms with Gasteiger partial charge in [-0.05, 0) is 43.9 Å². The molecule has 0 aliphatic carbocycles. The number of benzene rings is 1. The number of hydrogen-bond donors (Lipinski definition) is 2. The van der Waals surface area contributed by atoms with Crippen LogP contribution in [0.2, 0.25) is 0 Å². The average Bonchev–Trinajstić information content (AvgIpc) is 2.48. The van der Waals surface area contributed by atoms with E-state index in [4.69, 9.17) is 0 Å². The Hall–Kier alpha value is -2.13. The summed E-state index contributed by atoms with van der Waals surface area (Å²) in [6, 6.07) is 11.6. The number of aromatic nitrogens is 1. The Kier molecular flexibility index (Phi) is 5.52. The molecule has 1 heterocycles. The summed E-state index contributed by atoms with van der Waals surface area (Å²) < 4.78 is 0. The smallest absolute Gasteiger partial charge is 0.133 e. The molecule has 0 amide bonds. The molecule has 0 saturated heterocycles. The average molecular weight is 283 g/mol. The summed E-state index contributed by atoms with van der Waals surface area (Å²) in [5.74, 6) is 0.176. The van der Waals surface area contributed by atoms with E-state index in [1.54, 1.807) is 12.1 Å². The van der Waals surface area contributed by atoms with Crippen LogP contribution in [-0.4, -0.2) is 21.3 Å². The summed E-state index contributed by atoms with van der Waals surface area (Å²) in [4.78, 5) is 4.19. The maximum absolute atomic E-state index is 9.24. The Morgan fingerprint density at radius 2 is 1.90 bits per heavy atom. The molecule has 2 N–H and O–H groups in total. The van der Waals surface area contributed by atoms with Gasteiger partial charge >= 0.3 is 0 Å². The van der Waals surface area contributed by atoms with Gasteiger partial charge in [-0.1, -0.05) is 36.4 Å². The number of aliphatic hydroxyl groups is 1. The molecule has 21 heavy (non-hydrogen) atoms. The lowest BCUT2D eigenvalue weighted by atomic mass is 10.1. The third-order valence-corrected chi connectivity index (χ3v) is 3.26. The zero-order valence-electron chi connectivity index (χ0n) is 12.2. The predicted octanol–water partition coefficient (Wildman–Crippen LogP) is 4.02. The van der Waals surface area contributed by atoms with Gasteiger partial charge < -0.3 is 10.2 Å². The second-order valence-electron chi connectivity index (χ2n) is 5.21. The molecule has 2 rings (SSSR count). The number of allylic oxidation sites excluding steroid dienone is 1. The van der Waals surface area contributed by atoms with E-state index in [0.29, 0.717) is 0 Å². The molecule has 110 valence electrons. The highest BCUT2D eigenvalue weighted by atomic mass is 16.3. The normalized spacial score (nSPS) is 12.7. The van der Waals surface area contributed by atoms with E-state index in [1.807, 2.05) is 19.1 Å². The number of rotatable bonds is 6. The first kappa shape index (κ1) is 15.3. The first-order valence-electron chi connectivity index (χ1n) is 7.25. The van der Waals surface area contributed by atoms with Gasteiger partial charge in [-0.25, -0.2) is 0 Å². The van der Waals surface area contributed by atoms with Gasteiger partial charge in [0.2, 0.25) is 0 Å². The van der Waals surface area contributed by atoms with E-state index < -0.39 is 0 Å². The second-order valence-corrected chi connectivity index (χ2v) is 5.21. The lowest BCUT2D eigenvalue weighted by molar-refractivity contribution is 0.182. The fraction of sp³-hybridized carbons (Fsp3) is 0.278. The molecular formula is C18H21NO2. The van der Waals surface area contributed by atoms with Crippen LogP contribution in [0.5, 0.6) is 5.75 Å². The Morgan fingerprint density at radius 1 is 1.14 bits per heavy atom. The molecule has 0 bridgehead atoms. The molecule has 1 atom stereocenters. The van der Waals surface area contributed by atoms with E-state index >= 15 is 0 Å². The highest BCUT2D eigenvalue weighted by Gasteiger charge is 1.99. The summed E-state index contributed by atoms with van der Waals surface area (Å²) in [6.45, 7) is 1.82. The minimum absolute atomic E-state index is 0.176. The molecule has 1 unspecified atom stereocenters. The van der Waals surface area contributed by atoms with Crippen molar-refractivity contribution < 1.29 is 10.2 Å². The number of unbranched alkanes of at least 4 members (excludes halogenated alkanes) is 1. The summed E-state index contributed by atoms with van der Waals surface area (Å²) in [5, 5.41) is 18.4. The molecule has 0 radical (unpaired) electrons. The highest BCUT2D eigenvalue weighted by molar-refractivity contribution is 5.62. The SMILES string of the molecule is CC(O)CCC/C=C/c1ccc(-c2ccc(O)cn2)cc1. The molecule has 2 aromatic rings. The summed E-state index contributed by atoms with van der Waals surface area (Å²) in [6.07, 6.45) is 8.29. The fourth-order valence-corrected chi connectivity index (χ4v) is 2.07. The lowest BCUT2D eigenvalue weighted by Gasteiger charge is -2.02. The Morgan fingerprint density at radius 3 is 2.52 bits per heavy atom. The minimum atomic E-state index is -0.213. The molecule has 0 spiro atoms. The van der Waals surface area contributed by atoms with Crippen LogP contribution in [0, 0.1) is 0 Å². The van der Waals surface area contributed by atoms with Crippen LogP contribution >= 0.6 is 0 Å². The van der Waals surface area contributed by atoms with E-state index in [2.05, 4.69) is 29.3 Å². The van der Waals surface area contributed by atoms with Crippen molar-refractivity contribution in [2.45, 2.75) is 32.3 Å². The van der Waals surface area contributed by atoms with Crippen molar-refractivity contribution in [2.24, 2.45) is 0 Å². The van der Waals surface area contributed by atoms with Crippen molar-refractivity contribution >= 4 is 6.08 Å². The van der Waals surface area contributed by atoms with Gasteiger partial charge in [0.25, 0.3) is 0 Å². The van der Waals surface area contributed by atoms with Crippen LogP contribution in [0.1, 0.15) is 31.7 Å². The Labute approximate surface area is 125 Å². The molecule has 0 fully saturated rings. The molecule has 0 aliphatic heterocycles. The molecule has 0 saturated carbocycles. The van der Waals surface area contributed by atoms with Crippen molar-refractivity contribution in [1.29, 1.82) is 0 Å². The third-order valence-electron chi connectivity index (χ3n) is 3.26. The molecule has 3 nitrogen and oxygen atoms in total. The topological polar surface area (TPSA) is 53.4 Å². The summed E-state index contributed by atoms with van der Waals surface area (Å²) >= 11 is 0. The largest absolute Gasteiger partial charge is 0.506 e. The van der Waals surface area contributed by atoms with Gasteiger partial charge in [0.15, 0.2) is 0 Å². The number of aromatic hydroxyl groups is 1. The van der Waals surface area contributed by atoms with Gasteiger partial charge in [0.1, 0.15) is 5.75 Å². The molecule has 3 heteroatoms. The fourth-order valence-electron chi connectivity index (χ4n) is 2.07. The number of pyridine rings is 1. The zero-order chi connectivity index (χ0) is 15.1. The van der Waals surface area contributed by atoms with Crippen LogP contribution in [0.3, 0.4) is 0 Å². The van der Waals surface area contributed by atoms with Gasteiger partial charge in [0.05, 0.1) is 18.0 Å². The minimum Gasteiger partial charge on any atom is -0.506 e. The lowest BCUT2D eigenvalue weighted by Crippen LogP contribution is -1.97. The first-order valence-corrected chi connectivity index (χ1v) is 7.25. The standard InChI is InChI=1S/C18H21NO2/c1-14(20)5-3-2-4-6-15-7-9-16(10-8-15)18-12-11-17(21)13-19-18/h4,6-14,20-21H,2-3,5H2,1H3/b6-4+. The number of aliphatic hydroxyl groups excluding tert-OH is 1. The molecule has 1 aromatic heterocycles. The van der Waals surface area contributed by atoms with Crippen LogP contribution in [0.15, 0.2) is 48.7 Å². The van der Waals surface area contributed by atoms with Gasteiger partial charge in [-0.15, -0.1) is 0 Å². The molecule has 1 aromatic carbocycles. The first-order chi connectivity index (χ1) is 10.1. The quantitative estimate of drug-likeness (QED) is 0.787.